The van der Waals surface area contributed by atoms with E-state index in [1.165, 1.54) is 0 Å². The maximum absolute atomic E-state index is 11.4. The predicted molar refractivity (Wildman–Crippen MR) is 176 cm³/mol. The normalized spacial score (nSPS) is 10.7. The van der Waals surface area contributed by atoms with Crippen LogP contribution < -0.4 is 9.64 Å². The third-order valence-electron chi connectivity index (χ3n) is 6.51. The number of hydrogen-bond donors (Lipinski definition) is 0. The van der Waals surface area contributed by atoms with Gasteiger partial charge in [0.2, 0.25) is 0 Å². The first-order chi connectivity index (χ1) is 20.5. The molecule has 0 heterocycles. The minimum Gasteiger partial charge on any atom is -0.423 e. The van der Waals surface area contributed by atoms with Crippen LogP contribution in [-0.4, -0.2) is 5.97 Å². The molecule has 0 radical (unpaired) electrons. The maximum Gasteiger partial charge on any atom is 0.335 e. The van der Waals surface area contributed by atoms with E-state index in [1.807, 2.05) is 91.0 Å². The molecule has 206 valence electrons. The SMILES string of the molecule is C=CC(=O)Oc1ccc(C=Cc2ccc(N(C=C(c3ccc(Cl)cc3)c3ccc(Cl)cc3)c3ccccc3)cc2)cc1. The second kappa shape index (κ2) is 13.7. The summed E-state index contributed by atoms with van der Waals surface area (Å²) in [6.45, 7) is 3.42. The van der Waals surface area contributed by atoms with Crippen LogP contribution in [-0.2, 0) is 4.79 Å². The molecular formula is C37H27Cl2NO2. The van der Waals surface area contributed by atoms with Crippen LogP contribution in [0.2, 0.25) is 10.0 Å². The molecule has 0 aliphatic carbocycles. The summed E-state index contributed by atoms with van der Waals surface area (Å²) in [7, 11) is 0. The number of nitrogens with zero attached hydrogens (tertiary/aromatic N) is 1. The van der Waals surface area contributed by atoms with Crippen molar-refractivity contribution in [3.63, 3.8) is 0 Å². The molecule has 0 unspecified atom stereocenters. The molecule has 0 atom stereocenters. The highest BCUT2D eigenvalue weighted by atomic mass is 35.5. The highest BCUT2D eigenvalue weighted by molar-refractivity contribution is 6.31. The first-order valence-electron chi connectivity index (χ1n) is 13.3. The van der Waals surface area contributed by atoms with Gasteiger partial charge < -0.3 is 9.64 Å². The minimum absolute atomic E-state index is 0.479. The molecule has 5 aromatic rings. The molecule has 0 amide bonds. The van der Waals surface area contributed by atoms with Gasteiger partial charge in [-0.2, -0.15) is 0 Å². The Morgan fingerprint density at radius 1 is 0.619 bits per heavy atom. The molecule has 0 N–H and O–H groups in total. The lowest BCUT2D eigenvalue weighted by atomic mass is 9.98. The summed E-state index contributed by atoms with van der Waals surface area (Å²) in [6.07, 6.45) is 7.35. The van der Waals surface area contributed by atoms with Crippen molar-refractivity contribution in [1.82, 2.24) is 0 Å². The molecule has 5 heteroatoms. The molecule has 0 bridgehead atoms. The van der Waals surface area contributed by atoms with Crippen LogP contribution in [0, 0.1) is 0 Å². The van der Waals surface area contributed by atoms with Crippen LogP contribution in [0.4, 0.5) is 11.4 Å². The first kappa shape index (κ1) is 28.7. The van der Waals surface area contributed by atoms with Gasteiger partial charge in [0.25, 0.3) is 0 Å². The summed E-state index contributed by atoms with van der Waals surface area (Å²) >= 11 is 12.4. The third-order valence-corrected chi connectivity index (χ3v) is 7.01. The van der Waals surface area contributed by atoms with E-state index in [9.17, 15) is 4.79 Å². The van der Waals surface area contributed by atoms with E-state index in [0.29, 0.717) is 15.8 Å². The number of esters is 1. The van der Waals surface area contributed by atoms with Crippen molar-refractivity contribution in [1.29, 1.82) is 0 Å². The highest BCUT2D eigenvalue weighted by Crippen LogP contribution is 2.32. The number of anilines is 2. The summed E-state index contributed by atoms with van der Waals surface area (Å²) in [4.78, 5) is 13.6. The van der Waals surface area contributed by atoms with E-state index in [-0.39, 0.29) is 0 Å². The Labute approximate surface area is 256 Å². The topological polar surface area (TPSA) is 29.5 Å². The summed E-state index contributed by atoms with van der Waals surface area (Å²) in [5, 5.41) is 1.37. The van der Waals surface area contributed by atoms with Crippen LogP contribution in [0.3, 0.4) is 0 Å². The molecule has 5 aromatic carbocycles. The molecular weight excluding hydrogens is 561 g/mol. The second-order valence-electron chi connectivity index (χ2n) is 9.38. The van der Waals surface area contributed by atoms with Gasteiger partial charge in [-0.1, -0.05) is 109 Å². The van der Waals surface area contributed by atoms with Crippen LogP contribution in [0.1, 0.15) is 22.3 Å². The summed E-state index contributed by atoms with van der Waals surface area (Å²) < 4.78 is 5.15. The number of carbonyl (C=O) groups excluding carboxylic acids is 1. The Kier molecular flexibility index (Phi) is 9.35. The predicted octanol–water partition coefficient (Wildman–Crippen LogP) is 10.5. The van der Waals surface area contributed by atoms with E-state index in [1.54, 1.807) is 12.1 Å². The average Bonchev–Trinajstić information content (AvgIpc) is 3.03. The molecule has 0 saturated carbocycles. The lowest BCUT2D eigenvalue weighted by molar-refractivity contribution is -0.128. The van der Waals surface area contributed by atoms with Gasteiger partial charge in [-0.3, -0.25) is 0 Å². The molecule has 0 spiro atoms. The van der Waals surface area contributed by atoms with Crippen LogP contribution in [0.5, 0.6) is 5.75 Å². The number of carbonyl (C=O) groups is 1. The summed E-state index contributed by atoms with van der Waals surface area (Å²) in [5.74, 6) is -0.00161. The number of halogens is 2. The van der Waals surface area contributed by atoms with Crippen molar-refractivity contribution in [2.75, 3.05) is 4.90 Å². The van der Waals surface area contributed by atoms with Gasteiger partial charge in [-0.15, -0.1) is 0 Å². The standard InChI is InChI=1S/C37H27Cl2NO2/c1-2-37(41)42-35-24-12-28(13-25-35)9-8-27-10-22-34(23-11-27)40(33-6-4-3-5-7-33)26-36(29-14-18-31(38)19-15-29)30-16-20-32(39)21-17-30/h2-26H,1H2. The fourth-order valence-electron chi connectivity index (χ4n) is 4.33. The van der Waals surface area contributed by atoms with E-state index in [0.717, 1.165) is 45.3 Å². The van der Waals surface area contributed by atoms with E-state index >= 15 is 0 Å². The number of hydrogen-bond acceptors (Lipinski definition) is 3. The second-order valence-corrected chi connectivity index (χ2v) is 10.3. The van der Waals surface area contributed by atoms with Crippen molar-refractivity contribution < 1.29 is 9.53 Å². The van der Waals surface area contributed by atoms with Gasteiger partial charge in [0, 0.05) is 39.3 Å². The Morgan fingerprint density at radius 3 is 1.60 bits per heavy atom. The number of ether oxygens (including phenoxy) is 1. The van der Waals surface area contributed by atoms with Crippen molar-refractivity contribution >= 4 is 58.3 Å². The molecule has 3 nitrogen and oxygen atoms in total. The lowest BCUT2D eigenvalue weighted by Gasteiger charge is -2.23. The van der Waals surface area contributed by atoms with Crippen LogP contribution in [0.15, 0.2) is 146 Å². The fraction of sp³-hybridized carbons (Fsp3) is 0. The zero-order valence-electron chi connectivity index (χ0n) is 22.7. The largest absolute Gasteiger partial charge is 0.423 e. The molecule has 0 saturated heterocycles. The first-order valence-corrected chi connectivity index (χ1v) is 14.0. The van der Waals surface area contributed by atoms with Crippen LogP contribution in [0.25, 0.3) is 17.7 Å². The lowest BCUT2D eigenvalue weighted by Crippen LogP contribution is -2.10. The van der Waals surface area contributed by atoms with Gasteiger partial charge >= 0.3 is 5.97 Å². The minimum atomic E-state index is -0.480. The maximum atomic E-state index is 11.4. The Bertz CT molecular complexity index is 1660. The zero-order valence-corrected chi connectivity index (χ0v) is 24.2. The van der Waals surface area contributed by atoms with Gasteiger partial charge in [0.15, 0.2) is 0 Å². The summed E-state index contributed by atoms with van der Waals surface area (Å²) in [5.41, 5.74) is 7.17. The fourth-order valence-corrected chi connectivity index (χ4v) is 4.59. The zero-order chi connectivity index (χ0) is 29.3. The molecule has 0 aromatic heterocycles. The van der Waals surface area contributed by atoms with Crippen molar-refractivity contribution in [2.45, 2.75) is 0 Å². The summed E-state index contributed by atoms with van der Waals surface area (Å²) in [6, 6.07) is 41.6. The van der Waals surface area contributed by atoms with Crippen molar-refractivity contribution in [2.24, 2.45) is 0 Å². The van der Waals surface area contributed by atoms with Gasteiger partial charge in [0.05, 0.1) is 0 Å². The van der Waals surface area contributed by atoms with E-state index in [4.69, 9.17) is 27.9 Å². The molecule has 0 aliphatic heterocycles. The highest BCUT2D eigenvalue weighted by Gasteiger charge is 2.12. The van der Waals surface area contributed by atoms with Gasteiger partial charge in [-0.25, -0.2) is 4.79 Å². The Hall–Kier alpha value is -4.83. The van der Waals surface area contributed by atoms with Crippen molar-refractivity contribution in [3.05, 3.63) is 179 Å². The molecule has 42 heavy (non-hydrogen) atoms. The van der Waals surface area contributed by atoms with Crippen LogP contribution >= 0.6 is 23.2 Å². The molecule has 5 rings (SSSR count). The number of para-hydroxylation sites is 1. The molecule has 0 fully saturated rings. The van der Waals surface area contributed by atoms with E-state index in [2.05, 4.69) is 54.1 Å². The Balaban J connectivity index is 1.47. The number of benzene rings is 5. The van der Waals surface area contributed by atoms with Gasteiger partial charge in [-0.05, 0) is 82.9 Å². The third kappa shape index (κ3) is 7.46. The van der Waals surface area contributed by atoms with Crippen molar-refractivity contribution in [3.8, 4) is 5.75 Å². The Morgan fingerprint density at radius 2 is 1.10 bits per heavy atom. The van der Waals surface area contributed by atoms with Gasteiger partial charge in [0.1, 0.15) is 5.75 Å². The monoisotopic (exact) mass is 587 g/mol. The number of rotatable bonds is 9. The smallest absolute Gasteiger partial charge is 0.335 e. The van der Waals surface area contributed by atoms with E-state index < -0.39 is 5.97 Å². The average molecular weight is 589 g/mol. The quantitative estimate of drug-likeness (QED) is 0.0743. The molecule has 0 aliphatic rings.